The van der Waals surface area contributed by atoms with E-state index in [4.69, 9.17) is 4.98 Å². The number of amides is 1. The van der Waals surface area contributed by atoms with Crippen molar-refractivity contribution in [2.24, 2.45) is 0 Å². The molecule has 134 valence electrons. The number of thioether (sulfide) groups is 1. The van der Waals surface area contributed by atoms with Crippen molar-refractivity contribution in [2.75, 3.05) is 11.2 Å². The number of anilines is 1. The Labute approximate surface area is 165 Å². The highest BCUT2D eigenvalue weighted by molar-refractivity contribution is 7.98. The number of benzene rings is 2. The van der Waals surface area contributed by atoms with Crippen LogP contribution in [0.2, 0.25) is 0 Å². The van der Waals surface area contributed by atoms with Crippen molar-refractivity contribution in [2.45, 2.75) is 11.4 Å². The fourth-order valence-corrected chi connectivity index (χ4v) is 4.29. The van der Waals surface area contributed by atoms with Crippen LogP contribution < -0.4 is 4.90 Å². The lowest BCUT2D eigenvalue weighted by molar-refractivity contribution is 0.0985. The van der Waals surface area contributed by atoms with Crippen molar-refractivity contribution in [3.05, 3.63) is 84.2 Å². The molecule has 0 spiro atoms. The number of pyridine rings is 1. The van der Waals surface area contributed by atoms with E-state index >= 15 is 0 Å². The molecule has 0 saturated carbocycles. The molecule has 6 heteroatoms. The number of rotatable bonds is 5. The Morgan fingerprint density at radius 2 is 1.96 bits per heavy atom. The number of thiazole rings is 1. The minimum atomic E-state index is -0.0661. The first-order valence-electron chi connectivity index (χ1n) is 8.45. The van der Waals surface area contributed by atoms with Gasteiger partial charge in [-0.15, -0.1) is 11.8 Å². The normalized spacial score (nSPS) is 10.9. The third-order valence-electron chi connectivity index (χ3n) is 4.14. The van der Waals surface area contributed by atoms with E-state index in [1.807, 2.05) is 48.5 Å². The molecule has 4 rings (SSSR count). The summed E-state index contributed by atoms with van der Waals surface area (Å²) >= 11 is 3.23. The summed E-state index contributed by atoms with van der Waals surface area (Å²) in [4.78, 5) is 25.0. The standard InChI is InChI=1S/C21H17N3OS2/c1-26-17-9-10-18-19(12-17)27-21(23-18)24(14-15-6-5-11-22-13-15)20(25)16-7-3-2-4-8-16/h2-13H,14H2,1H3. The van der Waals surface area contributed by atoms with E-state index in [2.05, 4.69) is 23.4 Å². The summed E-state index contributed by atoms with van der Waals surface area (Å²) < 4.78 is 1.08. The average molecular weight is 392 g/mol. The van der Waals surface area contributed by atoms with Crippen LogP contribution in [0.5, 0.6) is 0 Å². The van der Waals surface area contributed by atoms with E-state index in [9.17, 15) is 4.79 Å². The fraction of sp³-hybridized carbons (Fsp3) is 0.0952. The molecule has 0 aliphatic carbocycles. The summed E-state index contributed by atoms with van der Waals surface area (Å²) in [5.41, 5.74) is 2.51. The SMILES string of the molecule is CSc1ccc2nc(N(Cc3cccnc3)C(=O)c3ccccc3)sc2c1. The second kappa shape index (κ2) is 7.90. The third-order valence-corrected chi connectivity index (χ3v) is 5.91. The molecule has 0 atom stereocenters. The molecule has 0 unspecified atom stereocenters. The van der Waals surface area contributed by atoms with Crippen LogP contribution in [-0.4, -0.2) is 22.1 Å². The van der Waals surface area contributed by atoms with Gasteiger partial charge in [0.2, 0.25) is 0 Å². The lowest BCUT2D eigenvalue weighted by atomic mass is 10.2. The van der Waals surface area contributed by atoms with Crippen LogP contribution in [0.3, 0.4) is 0 Å². The van der Waals surface area contributed by atoms with E-state index in [-0.39, 0.29) is 5.91 Å². The minimum absolute atomic E-state index is 0.0661. The zero-order chi connectivity index (χ0) is 18.6. The number of carbonyl (C=O) groups excluding carboxylic acids is 1. The summed E-state index contributed by atoms with van der Waals surface area (Å²) in [7, 11) is 0. The van der Waals surface area contributed by atoms with Gasteiger partial charge in [-0.1, -0.05) is 35.6 Å². The zero-order valence-electron chi connectivity index (χ0n) is 14.7. The highest BCUT2D eigenvalue weighted by Gasteiger charge is 2.21. The van der Waals surface area contributed by atoms with E-state index in [0.29, 0.717) is 17.2 Å². The number of nitrogens with zero attached hydrogens (tertiary/aromatic N) is 3. The smallest absolute Gasteiger partial charge is 0.260 e. The number of hydrogen-bond acceptors (Lipinski definition) is 5. The predicted molar refractivity (Wildman–Crippen MR) is 113 cm³/mol. The monoisotopic (exact) mass is 391 g/mol. The van der Waals surface area contributed by atoms with Gasteiger partial charge in [-0.25, -0.2) is 4.98 Å². The van der Waals surface area contributed by atoms with E-state index in [0.717, 1.165) is 15.8 Å². The average Bonchev–Trinajstić information content (AvgIpc) is 3.15. The van der Waals surface area contributed by atoms with Crippen LogP contribution in [0.1, 0.15) is 15.9 Å². The molecule has 4 nitrogen and oxygen atoms in total. The van der Waals surface area contributed by atoms with Crippen molar-refractivity contribution in [3.63, 3.8) is 0 Å². The minimum Gasteiger partial charge on any atom is -0.279 e. The molecule has 0 bridgehead atoms. The first-order valence-corrected chi connectivity index (χ1v) is 10.5. The number of aromatic nitrogens is 2. The van der Waals surface area contributed by atoms with Crippen LogP contribution in [0.15, 0.2) is 78.0 Å². The van der Waals surface area contributed by atoms with E-state index < -0.39 is 0 Å². The molecule has 2 heterocycles. The van der Waals surface area contributed by atoms with Gasteiger partial charge in [0, 0.05) is 22.9 Å². The van der Waals surface area contributed by atoms with Gasteiger partial charge in [-0.3, -0.25) is 14.7 Å². The molecule has 0 saturated heterocycles. The molecule has 0 aliphatic heterocycles. The van der Waals surface area contributed by atoms with Gasteiger partial charge in [0.15, 0.2) is 5.13 Å². The molecule has 0 aliphatic rings. The molecule has 0 N–H and O–H groups in total. The van der Waals surface area contributed by atoms with Crippen molar-refractivity contribution >= 4 is 44.4 Å². The molecule has 2 aromatic heterocycles. The first-order chi connectivity index (χ1) is 13.2. The van der Waals surface area contributed by atoms with Crippen molar-refractivity contribution < 1.29 is 4.79 Å². The largest absolute Gasteiger partial charge is 0.279 e. The van der Waals surface area contributed by atoms with Crippen LogP contribution >= 0.6 is 23.1 Å². The highest BCUT2D eigenvalue weighted by atomic mass is 32.2. The van der Waals surface area contributed by atoms with Gasteiger partial charge >= 0.3 is 0 Å². The van der Waals surface area contributed by atoms with Gasteiger partial charge in [0.25, 0.3) is 5.91 Å². The molecular formula is C21H17N3OS2. The van der Waals surface area contributed by atoms with Gasteiger partial charge in [0.1, 0.15) is 0 Å². The lowest BCUT2D eigenvalue weighted by Crippen LogP contribution is -2.30. The third kappa shape index (κ3) is 3.86. The first kappa shape index (κ1) is 17.7. The van der Waals surface area contributed by atoms with Gasteiger partial charge in [-0.2, -0.15) is 0 Å². The molecule has 0 radical (unpaired) electrons. The maximum atomic E-state index is 13.2. The summed E-state index contributed by atoms with van der Waals surface area (Å²) in [6.07, 6.45) is 5.57. The van der Waals surface area contributed by atoms with Gasteiger partial charge in [0.05, 0.1) is 16.8 Å². The lowest BCUT2D eigenvalue weighted by Gasteiger charge is -2.20. The Morgan fingerprint density at radius 3 is 2.70 bits per heavy atom. The van der Waals surface area contributed by atoms with E-state index in [1.165, 1.54) is 16.2 Å². The van der Waals surface area contributed by atoms with E-state index in [1.54, 1.807) is 29.1 Å². The van der Waals surface area contributed by atoms with Crippen LogP contribution in [0.25, 0.3) is 10.2 Å². The molecule has 2 aromatic carbocycles. The van der Waals surface area contributed by atoms with Gasteiger partial charge < -0.3 is 0 Å². The van der Waals surface area contributed by atoms with Crippen LogP contribution in [0, 0.1) is 0 Å². The summed E-state index contributed by atoms with van der Waals surface area (Å²) in [5.74, 6) is -0.0661. The Bertz CT molecular complexity index is 1060. The maximum absolute atomic E-state index is 13.2. The summed E-state index contributed by atoms with van der Waals surface area (Å²) in [5, 5.41) is 0.695. The van der Waals surface area contributed by atoms with Crippen LogP contribution in [-0.2, 0) is 6.54 Å². The molecular weight excluding hydrogens is 374 g/mol. The topological polar surface area (TPSA) is 46.1 Å². The quantitative estimate of drug-likeness (QED) is 0.435. The molecule has 27 heavy (non-hydrogen) atoms. The predicted octanol–water partition coefficient (Wildman–Crippen LogP) is 5.26. The molecule has 4 aromatic rings. The zero-order valence-corrected chi connectivity index (χ0v) is 16.3. The Kier molecular flexibility index (Phi) is 5.18. The van der Waals surface area contributed by atoms with Crippen molar-refractivity contribution in [3.8, 4) is 0 Å². The van der Waals surface area contributed by atoms with Gasteiger partial charge in [-0.05, 0) is 48.2 Å². The molecule has 1 amide bonds. The van der Waals surface area contributed by atoms with Crippen molar-refractivity contribution in [1.29, 1.82) is 0 Å². The summed E-state index contributed by atoms with van der Waals surface area (Å²) in [6, 6.07) is 19.4. The maximum Gasteiger partial charge on any atom is 0.260 e. The van der Waals surface area contributed by atoms with Crippen molar-refractivity contribution in [1.82, 2.24) is 9.97 Å². The number of fused-ring (bicyclic) bond motifs is 1. The second-order valence-electron chi connectivity index (χ2n) is 5.95. The Balaban J connectivity index is 1.76. The molecule has 0 fully saturated rings. The fourth-order valence-electron chi connectivity index (χ4n) is 2.77. The second-order valence-corrected chi connectivity index (χ2v) is 7.84. The Hall–Kier alpha value is -2.70. The van der Waals surface area contributed by atoms with Crippen LogP contribution in [0.4, 0.5) is 5.13 Å². The Morgan fingerprint density at radius 1 is 1.11 bits per heavy atom. The number of hydrogen-bond donors (Lipinski definition) is 0. The summed E-state index contributed by atoms with van der Waals surface area (Å²) in [6.45, 7) is 0.427. The number of carbonyl (C=O) groups is 1. The highest BCUT2D eigenvalue weighted by Crippen LogP contribution is 2.33.